The van der Waals surface area contributed by atoms with Crippen LogP contribution >= 0.6 is 0 Å². The minimum atomic E-state index is 0.139. The summed E-state index contributed by atoms with van der Waals surface area (Å²) in [6.07, 6.45) is 2.70. The van der Waals surface area contributed by atoms with E-state index in [9.17, 15) is 0 Å². The van der Waals surface area contributed by atoms with Crippen LogP contribution in [0.5, 0.6) is 0 Å². The Bertz CT molecular complexity index is 422. The summed E-state index contributed by atoms with van der Waals surface area (Å²) < 4.78 is 0. The molecule has 2 rings (SSSR count). The molecule has 2 heterocycles. The molecule has 1 N–H and O–H groups in total. The number of hydrogen-bond acceptors (Lipinski definition) is 3. The van der Waals surface area contributed by atoms with Crippen molar-refractivity contribution in [3.05, 3.63) is 29.6 Å². The second kappa shape index (κ2) is 6.68. The van der Waals surface area contributed by atoms with Gasteiger partial charge in [-0.2, -0.15) is 0 Å². The van der Waals surface area contributed by atoms with Crippen LogP contribution in [-0.4, -0.2) is 28.5 Å². The summed E-state index contributed by atoms with van der Waals surface area (Å²) >= 11 is 0. The maximum absolute atomic E-state index is 4.79. The molecule has 3 nitrogen and oxygen atoms in total. The van der Waals surface area contributed by atoms with Gasteiger partial charge in [-0.3, -0.25) is 9.88 Å². The van der Waals surface area contributed by atoms with Crippen LogP contribution < -0.4 is 5.32 Å². The Morgan fingerprint density at radius 3 is 2.75 bits per heavy atom. The van der Waals surface area contributed by atoms with E-state index in [0.29, 0.717) is 0 Å². The van der Waals surface area contributed by atoms with E-state index in [-0.39, 0.29) is 5.54 Å². The van der Waals surface area contributed by atoms with Crippen molar-refractivity contribution in [1.82, 2.24) is 15.2 Å². The van der Waals surface area contributed by atoms with Crippen molar-refractivity contribution in [3.63, 3.8) is 0 Å². The van der Waals surface area contributed by atoms with E-state index in [2.05, 4.69) is 56.1 Å². The first-order chi connectivity index (χ1) is 9.42. The van der Waals surface area contributed by atoms with Crippen molar-refractivity contribution in [3.8, 4) is 0 Å². The third-order valence-electron chi connectivity index (χ3n) is 3.79. The van der Waals surface area contributed by atoms with Crippen LogP contribution in [0.15, 0.2) is 18.2 Å². The number of aromatic nitrogens is 1. The second-order valence-electron chi connectivity index (χ2n) is 7.21. The van der Waals surface area contributed by atoms with E-state index in [0.717, 1.165) is 24.7 Å². The maximum Gasteiger partial charge on any atom is 0.0547 e. The molecule has 3 heteroatoms. The fourth-order valence-electron chi connectivity index (χ4n) is 2.73. The highest BCUT2D eigenvalue weighted by Crippen LogP contribution is 2.17. The molecule has 1 aliphatic rings. The van der Waals surface area contributed by atoms with Gasteiger partial charge in [0.05, 0.1) is 11.4 Å². The number of likely N-dealkylation sites (tertiary alicyclic amines) is 1. The summed E-state index contributed by atoms with van der Waals surface area (Å²) in [5.74, 6) is 0.828. The minimum absolute atomic E-state index is 0.139. The predicted octanol–water partition coefficient (Wildman–Crippen LogP) is 3.20. The highest BCUT2D eigenvalue weighted by molar-refractivity contribution is 5.11. The summed E-state index contributed by atoms with van der Waals surface area (Å²) in [7, 11) is 0. The first-order valence-electron chi connectivity index (χ1n) is 7.84. The Hall–Kier alpha value is -0.930. The average molecular weight is 275 g/mol. The molecule has 1 aromatic rings. The highest BCUT2D eigenvalue weighted by Gasteiger charge is 2.16. The molecule has 1 unspecified atom stereocenters. The van der Waals surface area contributed by atoms with Crippen LogP contribution in [0.25, 0.3) is 0 Å². The van der Waals surface area contributed by atoms with E-state index in [1.807, 2.05) is 0 Å². The Labute approximate surface area is 123 Å². The van der Waals surface area contributed by atoms with Crippen LogP contribution in [0, 0.1) is 5.92 Å². The average Bonchev–Trinajstić information content (AvgIpc) is 2.36. The monoisotopic (exact) mass is 275 g/mol. The molecule has 0 amide bonds. The number of rotatable bonds is 4. The molecule has 1 saturated heterocycles. The van der Waals surface area contributed by atoms with Crippen molar-refractivity contribution < 1.29 is 0 Å². The van der Waals surface area contributed by atoms with Crippen molar-refractivity contribution in [2.75, 3.05) is 13.1 Å². The van der Waals surface area contributed by atoms with Gasteiger partial charge in [0.1, 0.15) is 0 Å². The molecule has 1 atom stereocenters. The van der Waals surface area contributed by atoms with Crippen LogP contribution in [0.2, 0.25) is 0 Å². The molecule has 0 saturated carbocycles. The number of piperidine rings is 1. The number of nitrogens with zero attached hydrogens (tertiary/aromatic N) is 2. The Balaban J connectivity index is 1.92. The lowest BCUT2D eigenvalue weighted by molar-refractivity contribution is 0.174. The Kier molecular flexibility index (Phi) is 5.17. The first kappa shape index (κ1) is 15.5. The van der Waals surface area contributed by atoms with Crippen LogP contribution in [0.3, 0.4) is 0 Å². The van der Waals surface area contributed by atoms with Crippen LogP contribution in [0.4, 0.5) is 0 Å². The topological polar surface area (TPSA) is 28.2 Å². The smallest absolute Gasteiger partial charge is 0.0547 e. The molecular weight excluding hydrogens is 246 g/mol. The summed E-state index contributed by atoms with van der Waals surface area (Å²) in [4.78, 5) is 7.33. The molecule has 0 aliphatic carbocycles. The van der Waals surface area contributed by atoms with E-state index < -0.39 is 0 Å². The molecule has 112 valence electrons. The Morgan fingerprint density at radius 2 is 2.05 bits per heavy atom. The number of pyridine rings is 1. The van der Waals surface area contributed by atoms with Gasteiger partial charge in [-0.25, -0.2) is 0 Å². The lowest BCUT2D eigenvalue weighted by Gasteiger charge is -2.30. The van der Waals surface area contributed by atoms with E-state index in [1.54, 1.807) is 0 Å². The van der Waals surface area contributed by atoms with Gasteiger partial charge in [-0.1, -0.05) is 13.0 Å². The first-order valence-corrected chi connectivity index (χ1v) is 7.84. The zero-order valence-electron chi connectivity index (χ0n) is 13.4. The second-order valence-corrected chi connectivity index (χ2v) is 7.21. The molecule has 1 aromatic heterocycles. The zero-order chi connectivity index (χ0) is 14.6. The lowest BCUT2D eigenvalue weighted by atomic mass is 10.0. The van der Waals surface area contributed by atoms with Crippen LogP contribution in [0.1, 0.15) is 51.9 Å². The maximum atomic E-state index is 4.79. The van der Waals surface area contributed by atoms with Gasteiger partial charge in [0.15, 0.2) is 0 Å². The SMILES string of the molecule is CC1CCCN(Cc2cccc(CNC(C)(C)C)n2)C1. The third kappa shape index (κ3) is 5.22. The summed E-state index contributed by atoms with van der Waals surface area (Å²) in [6, 6.07) is 6.40. The highest BCUT2D eigenvalue weighted by atomic mass is 15.1. The quantitative estimate of drug-likeness (QED) is 0.914. The third-order valence-corrected chi connectivity index (χ3v) is 3.79. The van der Waals surface area contributed by atoms with Gasteiger partial charge in [-0.05, 0) is 58.2 Å². The number of hydrogen-bond donors (Lipinski definition) is 1. The van der Waals surface area contributed by atoms with Gasteiger partial charge in [0.2, 0.25) is 0 Å². The summed E-state index contributed by atoms with van der Waals surface area (Å²) in [5.41, 5.74) is 2.48. The molecular formula is C17H29N3. The van der Waals surface area contributed by atoms with Crippen LogP contribution in [-0.2, 0) is 13.1 Å². The molecule has 0 aromatic carbocycles. The van der Waals surface area contributed by atoms with E-state index in [4.69, 9.17) is 4.98 Å². The largest absolute Gasteiger partial charge is 0.306 e. The van der Waals surface area contributed by atoms with Gasteiger partial charge in [-0.15, -0.1) is 0 Å². The molecule has 1 fully saturated rings. The van der Waals surface area contributed by atoms with Crippen molar-refractivity contribution >= 4 is 0 Å². The summed E-state index contributed by atoms with van der Waals surface area (Å²) in [5, 5.41) is 3.50. The fraction of sp³-hybridized carbons (Fsp3) is 0.706. The Morgan fingerprint density at radius 1 is 1.30 bits per heavy atom. The lowest BCUT2D eigenvalue weighted by Crippen LogP contribution is -2.35. The number of nitrogens with one attached hydrogen (secondary N) is 1. The predicted molar refractivity (Wildman–Crippen MR) is 84.5 cm³/mol. The van der Waals surface area contributed by atoms with Crippen molar-refractivity contribution in [1.29, 1.82) is 0 Å². The van der Waals surface area contributed by atoms with E-state index >= 15 is 0 Å². The standard InChI is InChI=1S/C17H29N3/c1-14-7-6-10-20(12-14)13-16-9-5-8-15(19-16)11-18-17(2,3)4/h5,8-9,14,18H,6-7,10-13H2,1-4H3. The van der Waals surface area contributed by atoms with Gasteiger partial charge < -0.3 is 5.32 Å². The molecule has 0 bridgehead atoms. The minimum Gasteiger partial charge on any atom is -0.306 e. The van der Waals surface area contributed by atoms with E-state index in [1.165, 1.54) is 31.6 Å². The van der Waals surface area contributed by atoms with Gasteiger partial charge in [0.25, 0.3) is 0 Å². The normalized spacial score (nSPS) is 21.1. The molecule has 20 heavy (non-hydrogen) atoms. The fourth-order valence-corrected chi connectivity index (χ4v) is 2.73. The van der Waals surface area contributed by atoms with Crippen molar-refractivity contribution in [2.45, 2.75) is 59.2 Å². The summed E-state index contributed by atoms with van der Waals surface area (Å²) in [6.45, 7) is 13.2. The van der Waals surface area contributed by atoms with Gasteiger partial charge in [0, 0.05) is 25.2 Å². The molecule has 0 spiro atoms. The van der Waals surface area contributed by atoms with Gasteiger partial charge >= 0.3 is 0 Å². The van der Waals surface area contributed by atoms with Crippen molar-refractivity contribution in [2.24, 2.45) is 5.92 Å². The molecule has 1 aliphatic heterocycles. The molecule has 0 radical (unpaired) electrons. The zero-order valence-corrected chi connectivity index (χ0v) is 13.4.